The molecule has 0 unspecified atom stereocenters. The Labute approximate surface area is 197 Å². The smallest absolute Gasteiger partial charge is 0.263 e. The van der Waals surface area contributed by atoms with Gasteiger partial charge in [0.25, 0.3) is 10.0 Å². The molecular weight excluding hydrogens is 457 g/mol. The van der Waals surface area contributed by atoms with Crippen molar-refractivity contribution in [3.63, 3.8) is 0 Å². The summed E-state index contributed by atoms with van der Waals surface area (Å²) in [5, 5.41) is 2.84. The third-order valence-corrected chi connectivity index (χ3v) is 6.56. The van der Waals surface area contributed by atoms with E-state index in [0.717, 1.165) is 12.8 Å². The van der Waals surface area contributed by atoms with Gasteiger partial charge in [-0.05, 0) is 61.4 Å². The van der Waals surface area contributed by atoms with Crippen molar-refractivity contribution in [3.8, 4) is 11.5 Å². The number of sulfonamides is 1. The van der Waals surface area contributed by atoms with Gasteiger partial charge in [0.1, 0.15) is 23.2 Å². The maximum absolute atomic E-state index is 13.2. The molecule has 1 heterocycles. The molecule has 0 atom stereocenters. The number of hydrogen-bond donors (Lipinski definition) is 2. The Hall–Kier alpha value is -3.72. The number of fused-ring (bicyclic) bond motifs is 1. The van der Waals surface area contributed by atoms with Crippen LogP contribution in [0.5, 0.6) is 11.5 Å². The van der Waals surface area contributed by atoms with Crippen LogP contribution >= 0.6 is 0 Å². The van der Waals surface area contributed by atoms with Crippen LogP contribution in [0.1, 0.15) is 31.2 Å². The predicted molar refractivity (Wildman–Crippen MR) is 128 cm³/mol. The summed E-state index contributed by atoms with van der Waals surface area (Å²) in [6.45, 7) is 0.473. The van der Waals surface area contributed by atoms with Gasteiger partial charge in [-0.15, -0.1) is 0 Å². The molecule has 1 aliphatic heterocycles. The monoisotopic (exact) mass is 481 g/mol. The second-order valence-electron chi connectivity index (χ2n) is 7.77. The number of ether oxygens (including phenoxy) is 1. The van der Waals surface area contributed by atoms with E-state index in [1.165, 1.54) is 12.1 Å². The minimum absolute atomic E-state index is 0.0948. The molecule has 0 aromatic heterocycles. The molecule has 2 N–H and O–H groups in total. The Morgan fingerprint density at radius 1 is 0.941 bits per heavy atom. The summed E-state index contributed by atoms with van der Waals surface area (Å²) in [5.41, 5.74) is 1.24. The maximum Gasteiger partial charge on any atom is 0.263 e. The molecule has 1 aliphatic rings. The lowest BCUT2D eigenvalue weighted by molar-refractivity contribution is -0.116. The summed E-state index contributed by atoms with van der Waals surface area (Å²) in [6, 6.07) is 19.5. The minimum Gasteiger partial charge on any atom is -0.457 e. The Balaban J connectivity index is 1.17. The fourth-order valence-corrected chi connectivity index (χ4v) is 4.76. The second kappa shape index (κ2) is 10.5. The van der Waals surface area contributed by atoms with Gasteiger partial charge in [0, 0.05) is 30.3 Å². The van der Waals surface area contributed by atoms with E-state index in [2.05, 4.69) is 15.0 Å². The zero-order valence-electron chi connectivity index (χ0n) is 18.3. The summed E-state index contributed by atoms with van der Waals surface area (Å²) in [7, 11) is -3.52. The summed E-state index contributed by atoms with van der Waals surface area (Å²) in [6.07, 6.45) is 2.60. The van der Waals surface area contributed by atoms with Crippen LogP contribution in [0.25, 0.3) is 0 Å². The number of carbonyl (C=O) groups excluding carboxylic acids is 1. The van der Waals surface area contributed by atoms with Gasteiger partial charge in [0.15, 0.2) is 0 Å². The van der Waals surface area contributed by atoms with Gasteiger partial charge >= 0.3 is 0 Å². The number of hydrogen-bond acceptors (Lipinski definition) is 5. The van der Waals surface area contributed by atoms with Crippen molar-refractivity contribution in [1.82, 2.24) is 4.72 Å². The standard InChI is InChI=1S/C25H24FN3O4S/c26-18-7-6-8-21(17-18)33-20-14-12-19(13-15-20)28-24(30)11-2-1-5-16-27-25-22-9-3-4-10-23(22)34(31,32)29-25/h3-4,6-10,12-15,17H,1-2,5,11,16H2,(H,27,29)(H,28,30). The summed E-state index contributed by atoms with van der Waals surface area (Å²) in [5.74, 6) is 0.844. The zero-order chi connectivity index (χ0) is 24.0. The highest BCUT2D eigenvalue weighted by Gasteiger charge is 2.29. The molecule has 34 heavy (non-hydrogen) atoms. The van der Waals surface area contributed by atoms with Crippen LogP contribution in [-0.4, -0.2) is 26.7 Å². The lowest BCUT2D eigenvalue weighted by Gasteiger charge is -2.08. The highest BCUT2D eigenvalue weighted by Crippen LogP contribution is 2.24. The number of rotatable bonds is 9. The van der Waals surface area contributed by atoms with Crippen LogP contribution in [0.4, 0.5) is 10.1 Å². The molecule has 1 amide bonds. The molecule has 0 fully saturated rings. The fraction of sp³-hybridized carbons (Fsp3) is 0.200. The molecule has 0 bridgehead atoms. The first-order chi connectivity index (χ1) is 16.4. The Morgan fingerprint density at radius 2 is 1.74 bits per heavy atom. The van der Waals surface area contributed by atoms with E-state index in [0.29, 0.717) is 48.0 Å². The second-order valence-corrected chi connectivity index (χ2v) is 9.43. The van der Waals surface area contributed by atoms with Crippen LogP contribution in [0.15, 0.2) is 82.7 Å². The first-order valence-corrected chi connectivity index (χ1v) is 12.4. The van der Waals surface area contributed by atoms with Gasteiger partial charge in [-0.25, -0.2) is 12.8 Å². The third kappa shape index (κ3) is 5.99. The quantitative estimate of drug-likeness (QED) is 0.427. The van der Waals surface area contributed by atoms with E-state index in [1.54, 1.807) is 60.7 Å². The Morgan fingerprint density at radius 3 is 2.53 bits per heavy atom. The number of halogens is 1. The van der Waals surface area contributed by atoms with Crippen molar-refractivity contribution >= 4 is 27.5 Å². The number of benzene rings is 3. The molecule has 0 radical (unpaired) electrons. The lowest BCUT2D eigenvalue weighted by atomic mass is 10.1. The van der Waals surface area contributed by atoms with Crippen LogP contribution in [-0.2, 0) is 14.8 Å². The average Bonchev–Trinajstić information content (AvgIpc) is 3.08. The average molecular weight is 482 g/mol. The molecule has 176 valence electrons. The highest BCUT2D eigenvalue weighted by atomic mass is 32.2. The molecule has 7 nitrogen and oxygen atoms in total. The van der Waals surface area contributed by atoms with Crippen molar-refractivity contribution in [1.29, 1.82) is 0 Å². The molecule has 0 spiro atoms. The van der Waals surface area contributed by atoms with Crippen molar-refractivity contribution < 1.29 is 22.3 Å². The van der Waals surface area contributed by atoms with Gasteiger partial charge < -0.3 is 10.1 Å². The van der Waals surface area contributed by atoms with Crippen molar-refractivity contribution in [2.45, 2.75) is 30.6 Å². The van der Waals surface area contributed by atoms with E-state index in [9.17, 15) is 17.6 Å². The summed E-state index contributed by atoms with van der Waals surface area (Å²) >= 11 is 0. The van der Waals surface area contributed by atoms with Gasteiger partial charge in [-0.3, -0.25) is 14.5 Å². The number of aliphatic imine (C=N–C) groups is 1. The number of amides is 1. The van der Waals surface area contributed by atoms with E-state index < -0.39 is 10.0 Å². The molecule has 0 saturated heterocycles. The van der Waals surface area contributed by atoms with Gasteiger partial charge in [0.2, 0.25) is 5.91 Å². The van der Waals surface area contributed by atoms with Gasteiger partial charge in [-0.2, -0.15) is 0 Å². The predicted octanol–water partition coefficient (Wildman–Crippen LogP) is 4.86. The molecule has 3 aromatic carbocycles. The number of unbranched alkanes of at least 4 members (excludes halogenated alkanes) is 2. The normalized spacial score (nSPS) is 14.9. The third-order valence-electron chi connectivity index (χ3n) is 5.16. The first-order valence-electron chi connectivity index (χ1n) is 10.9. The number of nitrogens with zero attached hydrogens (tertiary/aromatic N) is 1. The number of carbonyl (C=O) groups is 1. The van der Waals surface area contributed by atoms with Crippen molar-refractivity contribution in [3.05, 3.63) is 84.2 Å². The van der Waals surface area contributed by atoms with Crippen LogP contribution in [0.3, 0.4) is 0 Å². The summed E-state index contributed by atoms with van der Waals surface area (Å²) in [4.78, 5) is 16.8. The molecule has 4 rings (SSSR count). The Bertz CT molecular complexity index is 1310. The first kappa shape index (κ1) is 23.4. The van der Waals surface area contributed by atoms with E-state index in [-0.39, 0.29) is 16.6 Å². The van der Waals surface area contributed by atoms with Crippen LogP contribution < -0.4 is 14.8 Å². The van der Waals surface area contributed by atoms with E-state index in [1.807, 2.05) is 0 Å². The van der Waals surface area contributed by atoms with E-state index >= 15 is 0 Å². The molecular formula is C25H24FN3O4S. The molecule has 9 heteroatoms. The zero-order valence-corrected chi connectivity index (χ0v) is 19.1. The largest absolute Gasteiger partial charge is 0.457 e. The number of amidine groups is 1. The van der Waals surface area contributed by atoms with Gasteiger partial charge in [0.05, 0.1) is 4.90 Å². The van der Waals surface area contributed by atoms with Crippen LogP contribution in [0, 0.1) is 5.82 Å². The minimum atomic E-state index is -3.52. The van der Waals surface area contributed by atoms with Crippen LogP contribution in [0.2, 0.25) is 0 Å². The van der Waals surface area contributed by atoms with Crippen molar-refractivity contribution in [2.24, 2.45) is 4.99 Å². The number of anilines is 1. The summed E-state index contributed by atoms with van der Waals surface area (Å²) < 4.78 is 45.5. The lowest BCUT2D eigenvalue weighted by Crippen LogP contribution is -2.22. The maximum atomic E-state index is 13.2. The Kier molecular flexibility index (Phi) is 7.22. The molecule has 0 saturated carbocycles. The molecule has 0 aliphatic carbocycles. The SMILES string of the molecule is O=C(CCCCCN=C1NS(=O)(=O)c2ccccc21)Nc1ccc(Oc2cccc(F)c2)cc1. The van der Waals surface area contributed by atoms with Gasteiger partial charge in [-0.1, -0.05) is 24.6 Å². The van der Waals surface area contributed by atoms with E-state index in [4.69, 9.17) is 4.74 Å². The number of nitrogens with one attached hydrogen (secondary N) is 2. The highest BCUT2D eigenvalue weighted by molar-refractivity contribution is 7.90. The fourth-order valence-electron chi connectivity index (χ4n) is 3.51. The topological polar surface area (TPSA) is 96.9 Å². The molecule has 3 aromatic rings. The van der Waals surface area contributed by atoms with Crippen molar-refractivity contribution in [2.75, 3.05) is 11.9 Å².